The first-order valence-corrected chi connectivity index (χ1v) is 5.06. The minimum absolute atomic E-state index is 0.0709. The SMILES string of the molecule is CC(N)Cc1ccc(Br)cc1CO. The Morgan fingerprint density at radius 3 is 2.69 bits per heavy atom. The molecule has 0 saturated heterocycles. The molecule has 3 heteroatoms. The van der Waals surface area contributed by atoms with Crippen molar-refractivity contribution in [2.45, 2.75) is 26.0 Å². The summed E-state index contributed by atoms with van der Waals surface area (Å²) < 4.78 is 0.991. The van der Waals surface area contributed by atoms with Gasteiger partial charge >= 0.3 is 0 Å². The number of hydrogen-bond acceptors (Lipinski definition) is 2. The van der Waals surface area contributed by atoms with Crippen molar-refractivity contribution in [2.75, 3.05) is 0 Å². The van der Waals surface area contributed by atoms with Gasteiger partial charge in [-0.1, -0.05) is 22.0 Å². The Balaban J connectivity index is 2.92. The number of benzene rings is 1. The third-order valence-electron chi connectivity index (χ3n) is 1.88. The van der Waals surface area contributed by atoms with Crippen LogP contribution in [0.2, 0.25) is 0 Å². The van der Waals surface area contributed by atoms with Gasteiger partial charge in [0, 0.05) is 10.5 Å². The largest absolute Gasteiger partial charge is 0.392 e. The lowest BCUT2D eigenvalue weighted by Gasteiger charge is -2.10. The molecule has 0 radical (unpaired) electrons. The molecular weight excluding hydrogens is 230 g/mol. The van der Waals surface area contributed by atoms with Crippen molar-refractivity contribution >= 4 is 15.9 Å². The topological polar surface area (TPSA) is 46.2 Å². The molecule has 1 rings (SSSR count). The molecule has 0 aliphatic carbocycles. The first kappa shape index (κ1) is 10.7. The fourth-order valence-corrected chi connectivity index (χ4v) is 1.70. The molecule has 0 aromatic heterocycles. The molecule has 0 heterocycles. The molecule has 1 unspecified atom stereocenters. The van der Waals surface area contributed by atoms with Crippen LogP contribution in [0.4, 0.5) is 0 Å². The van der Waals surface area contributed by atoms with Crippen molar-refractivity contribution in [1.29, 1.82) is 0 Å². The van der Waals surface area contributed by atoms with Crippen LogP contribution in [0, 0.1) is 0 Å². The van der Waals surface area contributed by atoms with Crippen molar-refractivity contribution in [3.8, 4) is 0 Å². The Morgan fingerprint density at radius 1 is 1.46 bits per heavy atom. The fourth-order valence-electron chi connectivity index (χ4n) is 1.29. The predicted molar refractivity (Wildman–Crippen MR) is 57.4 cm³/mol. The maximum Gasteiger partial charge on any atom is 0.0684 e. The molecule has 0 aliphatic rings. The predicted octanol–water partition coefficient (Wildman–Crippen LogP) is 1.83. The van der Waals surface area contributed by atoms with Crippen molar-refractivity contribution in [3.05, 3.63) is 33.8 Å². The number of aliphatic hydroxyl groups excluding tert-OH is 1. The summed E-state index contributed by atoms with van der Waals surface area (Å²) in [6.45, 7) is 2.03. The minimum Gasteiger partial charge on any atom is -0.392 e. The Kier molecular flexibility index (Phi) is 3.90. The standard InChI is InChI=1S/C10H14BrNO/c1-7(12)4-8-2-3-10(11)5-9(8)6-13/h2-3,5,7,13H,4,6,12H2,1H3. The normalized spacial score (nSPS) is 12.9. The summed E-state index contributed by atoms with van der Waals surface area (Å²) in [6.07, 6.45) is 0.809. The average Bonchev–Trinajstić information content (AvgIpc) is 2.07. The van der Waals surface area contributed by atoms with Gasteiger partial charge in [-0.15, -0.1) is 0 Å². The summed E-state index contributed by atoms with van der Waals surface area (Å²) >= 11 is 3.36. The number of nitrogens with two attached hydrogens (primary N) is 1. The second-order valence-electron chi connectivity index (χ2n) is 3.25. The summed E-state index contributed by atoms with van der Waals surface area (Å²) in [6, 6.07) is 6.03. The van der Waals surface area contributed by atoms with E-state index < -0.39 is 0 Å². The van der Waals surface area contributed by atoms with E-state index in [2.05, 4.69) is 15.9 Å². The molecule has 0 spiro atoms. The van der Waals surface area contributed by atoms with Crippen LogP contribution in [0.15, 0.2) is 22.7 Å². The summed E-state index contributed by atoms with van der Waals surface area (Å²) in [7, 11) is 0. The highest BCUT2D eigenvalue weighted by Gasteiger charge is 2.04. The maximum absolute atomic E-state index is 9.09. The van der Waals surface area contributed by atoms with Crippen LogP contribution in [0.25, 0.3) is 0 Å². The van der Waals surface area contributed by atoms with Crippen LogP contribution in [0.5, 0.6) is 0 Å². The van der Waals surface area contributed by atoms with E-state index in [0.29, 0.717) is 0 Å². The maximum atomic E-state index is 9.09. The zero-order valence-electron chi connectivity index (χ0n) is 7.63. The number of halogens is 1. The summed E-state index contributed by atoms with van der Waals surface area (Å²) in [5.41, 5.74) is 7.77. The van der Waals surface area contributed by atoms with Gasteiger partial charge in [0.2, 0.25) is 0 Å². The molecule has 0 aliphatic heterocycles. The van der Waals surface area contributed by atoms with E-state index in [-0.39, 0.29) is 12.6 Å². The molecule has 1 aromatic carbocycles. The van der Waals surface area contributed by atoms with Crippen LogP contribution >= 0.6 is 15.9 Å². The highest BCUT2D eigenvalue weighted by Crippen LogP contribution is 2.17. The van der Waals surface area contributed by atoms with Gasteiger partial charge < -0.3 is 10.8 Å². The van der Waals surface area contributed by atoms with E-state index in [1.165, 1.54) is 0 Å². The first-order valence-electron chi connectivity index (χ1n) is 4.27. The molecule has 72 valence electrons. The summed E-state index contributed by atoms with van der Waals surface area (Å²) in [4.78, 5) is 0. The van der Waals surface area contributed by atoms with Crippen molar-refractivity contribution < 1.29 is 5.11 Å². The van der Waals surface area contributed by atoms with E-state index in [1.807, 2.05) is 25.1 Å². The van der Waals surface area contributed by atoms with Crippen molar-refractivity contribution in [3.63, 3.8) is 0 Å². The van der Waals surface area contributed by atoms with E-state index in [4.69, 9.17) is 10.8 Å². The number of aliphatic hydroxyl groups is 1. The van der Waals surface area contributed by atoms with Gasteiger partial charge in [-0.2, -0.15) is 0 Å². The van der Waals surface area contributed by atoms with E-state index >= 15 is 0 Å². The zero-order valence-corrected chi connectivity index (χ0v) is 9.21. The molecule has 0 amide bonds. The second-order valence-corrected chi connectivity index (χ2v) is 4.17. The zero-order chi connectivity index (χ0) is 9.84. The third-order valence-corrected chi connectivity index (χ3v) is 2.37. The Morgan fingerprint density at radius 2 is 2.15 bits per heavy atom. The lowest BCUT2D eigenvalue weighted by Crippen LogP contribution is -2.18. The van der Waals surface area contributed by atoms with Crippen LogP contribution < -0.4 is 5.73 Å². The quantitative estimate of drug-likeness (QED) is 0.852. The Hall–Kier alpha value is -0.380. The van der Waals surface area contributed by atoms with Gasteiger partial charge in [0.15, 0.2) is 0 Å². The molecule has 0 fully saturated rings. The first-order chi connectivity index (χ1) is 6.13. The van der Waals surface area contributed by atoms with Crippen molar-refractivity contribution in [1.82, 2.24) is 0 Å². The molecule has 3 N–H and O–H groups in total. The molecule has 2 nitrogen and oxygen atoms in total. The minimum atomic E-state index is 0.0709. The van der Waals surface area contributed by atoms with Gasteiger partial charge in [0.1, 0.15) is 0 Å². The van der Waals surface area contributed by atoms with E-state index in [1.54, 1.807) is 0 Å². The smallest absolute Gasteiger partial charge is 0.0684 e. The highest BCUT2D eigenvalue weighted by atomic mass is 79.9. The lowest BCUT2D eigenvalue weighted by molar-refractivity contribution is 0.280. The van der Waals surface area contributed by atoms with Gasteiger partial charge in [-0.25, -0.2) is 0 Å². The van der Waals surface area contributed by atoms with Crippen LogP contribution in [0.3, 0.4) is 0 Å². The van der Waals surface area contributed by atoms with E-state index in [9.17, 15) is 0 Å². The molecule has 0 bridgehead atoms. The summed E-state index contributed by atoms with van der Waals surface area (Å²) in [5.74, 6) is 0. The lowest BCUT2D eigenvalue weighted by atomic mass is 10.0. The third kappa shape index (κ3) is 3.10. The second kappa shape index (κ2) is 4.74. The molecule has 1 atom stereocenters. The fraction of sp³-hybridized carbons (Fsp3) is 0.400. The molecule has 0 saturated carbocycles. The van der Waals surface area contributed by atoms with Crippen LogP contribution in [0.1, 0.15) is 18.1 Å². The highest BCUT2D eigenvalue weighted by molar-refractivity contribution is 9.10. The van der Waals surface area contributed by atoms with Gasteiger partial charge in [-0.05, 0) is 36.6 Å². The van der Waals surface area contributed by atoms with E-state index in [0.717, 1.165) is 22.0 Å². The number of rotatable bonds is 3. The summed E-state index contributed by atoms with van der Waals surface area (Å²) in [5, 5.41) is 9.09. The number of hydrogen-bond donors (Lipinski definition) is 2. The molecular formula is C10H14BrNO. The molecule has 13 heavy (non-hydrogen) atoms. The monoisotopic (exact) mass is 243 g/mol. The average molecular weight is 244 g/mol. The Bertz CT molecular complexity index is 286. The van der Waals surface area contributed by atoms with Gasteiger partial charge in [0.05, 0.1) is 6.61 Å². The van der Waals surface area contributed by atoms with Gasteiger partial charge in [0.25, 0.3) is 0 Å². The van der Waals surface area contributed by atoms with Crippen molar-refractivity contribution in [2.24, 2.45) is 5.73 Å². The van der Waals surface area contributed by atoms with Crippen LogP contribution in [-0.4, -0.2) is 11.1 Å². The van der Waals surface area contributed by atoms with Crippen LogP contribution in [-0.2, 0) is 13.0 Å². The van der Waals surface area contributed by atoms with Gasteiger partial charge in [-0.3, -0.25) is 0 Å². The Labute approximate surface area is 86.9 Å². The molecule has 1 aromatic rings.